The van der Waals surface area contributed by atoms with Crippen LogP contribution in [0.25, 0.3) is 0 Å². The Balaban J connectivity index is 1.51. The third-order valence-electron chi connectivity index (χ3n) is 12.3. The molecular weight excluding hydrogens is 1160 g/mol. The van der Waals surface area contributed by atoms with Crippen molar-refractivity contribution in [3.8, 4) is 23.0 Å². The van der Waals surface area contributed by atoms with Crippen LogP contribution in [0.3, 0.4) is 0 Å². The van der Waals surface area contributed by atoms with Crippen molar-refractivity contribution in [2.24, 2.45) is 0 Å². The summed E-state index contributed by atoms with van der Waals surface area (Å²) in [5, 5.41) is -0.190. The van der Waals surface area contributed by atoms with E-state index in [1.165, 1.54) is 47.4 Å². The molecule has 0 fully saturated rings. The summed E-state index contributed by atoms with van der Waals surface area (Å²) in [6.45, 7) is 4.99. The predicted octanol–water partition coefficient (Wildman–Crippen LogP) is 5.58. The van der Waals surface area contributed by atoms with Crippen LogP contribution >= 0.6 is 23.2 Å². The van der Waals surface area contributed by atoms with Gasteiger partial charge < -0.3 is 71.4 Å². The molecule has 4 aromatic rings. The molecule has 0 radical (unpaired) electrons. The molecule has 448 valence electrons. The van der Waals surface area contributed by atoms with E-state index in [1.54, 1.807) is 32.9 Å². The molecule has 4 aromatic carbocycles. The summed E-state index contributed by atoms with van der Waals surface area (Å²) in [4.78, 5) is 141. The van der Waals surface area contributed by atoms with Gasteiger partial charge in [0.05, 0.1) is 27.0 Å². The van der Waals surface area contributed by atoms with Crippen LogP contribution in [0.2, 0.25) is 10.0 Å². The fourth-order valence-corrected chi connectivity index (χ4v) is 9.85. The molecule has 0 unspecified atom stereocenters. The molecule has 6 rings (SSSR count). The number of halogens is 2. The number of hydrogen-bond donors (Lipinski definition) is 0. The number of aryl methyl sites for hydroxylation is 1. The van der Waals surface area contributed by atoms with E-state index in [2.05, 4.69) is 0 Å². The van der Waals surface area contributed by atoms with Gasteiger partial charge >= 0.3 is 65.7 Å². The minimum Gasteiger partial charge on any atom is -0.488 e. The summed E-state index contributed by atoms with van der Waals surface area (Å²) in [6.07, 6.45) is 0. The number of ether oxygens (including phenoxy) is 13. The smallest absolute Gasteiger partial charge is 0.340 e. The van der Waals surface area contributed by atoms with Crippen LogP contribution in [-0.4, -0.2) is 132 Å². The second-order valence-electron chi connectivity index (χ2n) is 18.8. The Hall–Kier alpha value is -9.17. The average Bonchev–Trinajstić information content (AvgIpc) is 1.33. The molecule has 26 nitrogen and oxygen atoms in total. The topological polar surface area (TPSA) is 314 Å². The van der Waals surface area contributed by atoms with E-state index in [-0.39, 0.29) is 84.4 Å². The quantitative estimate of drug-likeness (QED) is 0.0257. The number of hydrogen-bond acceptors (Lipinski definition) is 26. The molecule has 1 aliphatic carbocycles. The molecule has 0 N–H and O–H groups in total. The van der Waals surface area contributed by atoms with Crippen molar-refractivity contribution in [2.45, 2.75) is 73.3 Å². The zero-order chi connectivity index (χ0) is 61.8. The van der Waals surface area contributed by atoms with Gasteiger partial charge in [0.1, 0.15) is 62.4 Å². The minimum atomic E-state index is -2.05. The van der Waals surface area contributed by atoms with Gasteiger partial charge in [0.15, 0.2) is 5.60 Å². The van der Waals surface area contributed by atoms with Crippen LogP contribution in [-0.2, 0) is 102 Å². The maximum atomic E-state index is 14.8. The Labute approximate surface area is 489 Å². The lowest BCUT2D eigenvalue weighted by molar-refractivity contribution is -0.167. The first-order valence-electron chi connectivity index (χ1n) is 25.1. The summed E-state index contributed by atoms with van der Waals surface area (Å²) < 4.78 is 69.6. The summed E-state index contributed by atoms with van der Waals surface area (Å²) in [5.41, 5.74) is -1.88. The van der Waals surface area contributed by atoms with Crippen molar-refractivity contribution in [3.63, 3.8) is 0 Å². The average molecular weight is 1210 g/mol. The number of rotatable bonds is 25. The maximum absolute atomic E-state index is 14.8. The van der Waals surface area contributed by atoms with Gasteiger partial charge in [-0.05, 0) is 60.0 Å². The Morgan fingerprint density at radius 2 is 0.845 bits per heavy atom. The van der Waals surface area contributed by atoms with Crippen LogP contribution < -0.4 is 28.7 Å². The molecule has 28 heteroatoms. The number of fused-ring (bicyclic) bond motifs is 6. The van der Waals surface area contributed by atoms with Gasteiger partial charge in [-0.3, -0.25) is 47.9 Å². The third kappa shape index (κ3) is 15.5. The maximum Gasteiger partial charge on any atom is 0.340 e. The first-order chi connectivity index (χ1) is 39.6. The molecule has 0 amide bonds. The van der Waals surface area contributed by atoms with Crippen molar-refractivity contribution < 1.29 is 114 Å². The highest BCUT2D eigenvalue weighted by atomic mass is 35.5. The van der Waals surface area contributed by atoms with Gasteiger partial charge in [0.25, 0.3) is 0 Å². The molecule has 1 heterocycles. The first-order valence-corrected chi connectivity index (χ1v) is 25.9. The highest BCUT2D eigenvalue weighted by molar-refractivity contribution is 6.34. The van der Waals surface area contributed by atoms with E-state index in [1.807, 2.05) is 0 Å². The fraction of sp³-hybridized carbons (Fsp3) is 0.375. The van der Waals surface area contributed by atoms with E-state index in [9.17, 15) is 52.7 Å². The van der Waals surface area contributed by atoms with Crippen LogP contribution in [0, 0.1) is 6.92 Å². The Morgan fingerprint density at radius 3 is 1.23 bits per heavy atom. The van der Waals surface area contributed by atoms with E-state index in [4.69, 9.17) is 84.8 Å². The Morgan fingerprint density at radius 1 is 0.464 bits per heavy atom. The second-order valence-corrected chi connectivity index (χ2v) is 19.6. The highest BCUT2D eigenvalue weighted by Crippen LogP contribution is 2.62. The molecular formula is C56H56Cl2N2O24. The molecule has 84 heavy (non-hydrogen) atoms. The van der Waals surface area contributed by atoms with E-state index in [0.717, 1.165) is 46.4 Å². The SMILES string of the molecule is CC(=O)OCOC(=O)CN(CC(=O)OCOC(C)=O)c1ccc(C)cc1OCCOc1cc2c(cc1N(CC(=O)OCOC(C)=O)CC(=O)OCOC(C)=O)C1(OC2=O)c2ccc(OC(C)=O)c(Cl)c2C(C)(C)c2c1ccc(OC(C)=O)c2Cl. The number of esters is 11. The largest absolute Gasteiger partial charge is 0.488 e. The zero-order valence-corrected chi connectivity index (χ0v) is 48.2. The van der Waals surface area contributed by atoms with E-state index < -0.39 is 137 Å². The first kappa shape index (κ1) is 64.0. The number of carbonyl (C=O) groups is 11. The fourth-order valence-electron chi connectivity index (χ4n) is 8.97. The zero-order valence-electron chi connectivity index (χ0n) is 46.7. The van der Waals surface area contributed by atoms with Gasteiger partial charge in [-0.25, -0.2) is 4.79 Å². The van der Waals surface area contributed by atoms with Crippen LogP contribution in [0.5, 0.6) is 23.0 Å². The predicted molar refractivity (Wildman–Crippen MR) is 287 cm³/mol. The molecule has 1 aliphatic heterocycles. The normalized spacial score (nSPS) is 12.8. The minimum absolute atomic E-state index is 0.0329. The third-order valence-corrected chi connectivity index (χ3v) is 13.0. The molecule has 0 aromatic heterocycles. The van der Waals surface area contributed by atoms with Crippen LogP contribution in [0.1, 0.15) is 99.1 Å². The second kappa shape index (κ2) is 27.7. The lowest BCUT2D eigenvalue weighted by atomic mass is 9.61. The lowest BCUT2D eigenvalue weighted by Crippen LogP contribution is -2.42. The van der Waals surface area contributed by atoms with Crippen LogP contribution in [0.4, 0.5) is 11.4 Å². The molecule has 0 saturated heterocycles. The Bertz CT molecular complexity index is 3160. The van der Waals surface area contributed by atoms with Crippen molar-refractivity contribution >= 4 is 100 Å². The summed E-state index contributed by atoms with van der Waals surface area (Å²) in [7, 11) is 0. The van der Waals surface area contributed by atoms with Gasteiger partial charge in [0.2, 0.25) is 27.2 Å². The summed E-state index contributed by atoms with van der Waals surface area (Å²) >= 11 is 14.4. The molecule has 1 spiro atoms. The number of anilines is 2. The van der Waals surface area contributed by atoms with E-state index in [0.29, 0.717) is 5.56 Å². The van der Waals surface area contributed by atoms with Gasteiger partial charge in [-0.15, -0.1) is 0 Å². The van der Waals surface area contributed by atoms with Crippen molar-refractivity contribution in [1.82, 2.24) is 0 Å². The molecule has 0 bridgehead atoms. The number of nitrogens with zero attached hydrogens (tertiary/aromatic N) is 2. The van der Waals surface area contributed by atoms with Crippen molar-refractivity contribution in [1.29, 1.82) is 0 Å². The van der Waals surface area contributed by atoms with Gasteiger partial charge in [-0.1, -0.05) is 55.2 Å². The molecule has 0 atom stereocenters. The number of benzene rings is 4. The summed E-state index contributed by atoms with van der Waals surface area (Å²) in [5.74, 6) is -9.81. The number of carbonyl (C=O) groups excluding carboxylic acids is 11. The highest BCUT2D eigenvalue weighted by Gasteiger charge is 2.58. The van der Waals surface area contributed by atoms with Crippen molar-refractivity contribution in [2.75, 3.05) is 76.4 Å². The lowest BCUT2D eigenvalue weighted by Gasteiger charge is -2.45. The standard InChI is InChI=1S/C56H56Cl2N2O24/c1-29-10-13-40(59(21-46(67)78-25-74-30(2)61)22-47(68)79-26-75-31(3)62)44(18-29)72-16-17-73-45-19-36-39(20-41(45)60(23-48(69)80-27-76-32(4)63)24-49(70)81-28-77-33(5)64)56(84-54(36)71)37-11-14-42(82-34(6)65)52(57)50(37)55(8,9)51-38(56)12-15-43(53(51)58)83-35(7)66/h10-15,18-20H,16-17,21-28H2,1-9H3. The van der Waals surface area contributed by atoms with Gasteiger partial charge in [-0.2, -0.15) is 0 Å². The van der Waals surface area contributed by atoms with Crippen molar-refractivity contribution in [3.05, 3.63) is 104 Å². The van der Waals surface area contributed by atoms with Gasteiger partial charge in [0, 0.05) is 63.6 Å². The molecule has 2 aliphatic rings. The molecule has 0 saturated carbocycles. The monoisotopic (exact) mass is 1210 g/mol. The Kier molecular flexibility index (Phi) is 21.1. The van der Waals surface area contributed by atoms with Crippen LogP contribution in [0.15, 0.2) is 54.6 Å². The van der Waals surface area contributed by atoms with E-state index >= 15 is 0 Å². The summed E-state index contributed by atoms with van der Waals surface area (Å²) in [6, 6.07) is 13.2.